The molecule has 2 aromatic heterocycles. The zero-order valence-electron chi connectivity index (χ0n) is 7.79. The summed E-state index contributed by atoms with van der Waals surface area (Å²) in [6, 6.07) is 5.20. The molecular formula is C10H9N3O2. The van der Waals surface area contributed by atoms with Gasteiger partial charge >= 0.3 is 5.97 Å². The van der Waals surface area contributed by atoms with E-state index in [4.69, 9.17) is 5.11 Å². The first kappa shape index (κ1) is 9.39. The van der Waals surface area contributed by atoms with Gasteiger partial charge in [-0.1, -0.05) is 6.07 Å². The van der Waals surface area contributed by atoms with Crippen LogP contribution in [-0.4, -0.2) is 26.3 Å². The van der Waals surface area contributed by atoms with Gasteiger partial charge in [-0.15, -0.1) is 0 Å². The first-order valence-corrected chi connectivity index (χ1v) is 4.41. The molecule has 2 N–H and O–H groups in total. The average molecular weight is 203 g/mol. The maximum atomic E-state index is 11.1. The van der Waals surface area contributed by atoms with Gasteiger partial charge in [0.1, 0.15) is 5.92 Å². The van der Waals surface area contributed by atoms with E-state index in [1.807, 2.05) is 0 Å². The third-order valence-corrected chi connectivity index (χ3v) is 2.08. The van der Waals surface area contributed by atoms with Gasteiger partial charge in [0.25, 0.3) is 0 Å². The monoisotopic (exact) mass is 203 g/mol. The van der Waals surface area contributed by atoms with Crippen molar-refractivity contribution in [1.29, 1.82) is 0 Å². The highest BCUT2D eigenvalue weighted by molar-refractivity contribution is 5.79. The number of aromatic amines is 1. The number of hydrogen-bond donors (Lipinski definition) is 2. The van der Waals surface area contributed by atoms with Crippen LogP contribution in [0.5, 0.6) is 0 Å². The number of rotatable bonds is 3. The number of nitrogens with one attached hydrogen (secondary N) is 1. The molecule has 0 aliphatic carbocycles. The van der Waals surface area contributed by atoms with Gasteiger partial charge in [0.2, 0.25) is 0 Å². The van der Waals surface area contributed by atoms with Crippen molar-refractivity contribution in [3.05, 3.63) is 48.0 Å². The van der Waals surface area contributed by atoms with E-state index in [-0.39, 0.29) is 0 Å². The molecule has 0 amide bonds. The number of carboxylic acid groups (broad SMARTS) is 1. The Labute approximate surface area is 85.8 Å². The summed E-state index contributed by atoms with van der Waals surface area (Å²) in [5.41, 5.74) is 1.10. The van der Waals surface area contributed by atoms with Gasteiger partial charge in [0.05, 0.1) is 11.9 Å². The minimum atomic E-state index is -0.935. The predicted molar refractivity (Wildman–Crippen MR) is 52.3 cm³/mol. The van der Waals surface area contributed by atoms with Crippen LogP contribution < -0.4 is 0 Å². The highest BCUT2D eigenvalue weighted by Crippen LogP contribution is 2.21. The van der Waals surface area contributed by atoms with Crippen molar-refractivity contribution in [3.63, 3.8) is 0 Å². The summed E-state index contributed by atoms with van der Waals surface area (Å²) < 4.78 is 0. The molecule has 0 bridgehead atoms. The topological polar surface area (TPSA) is 78.9 Å². The lowest BCUT2D eigenvalue weighted by Crippen LogP contribution is -2.13. The summed E-state index contributed by atoms with van der Waals surface area (Å²) in [4.78, 5) is 15.2. The molecule has 0 radical (unpaired) electrons. The van der Waals surface area contributed by atoms with Crippen molar-refractivity contribution >= 4 is 5.97 Å². The number of pyridine rings is 1. The van der Waals surface area contributed by atoms with Gasteiger partial charge in [0.15, 0.2) is 0 Å². The highest BCUT2D eigenvalue weighted by Gasteiger charge is 2.23. The fourth-order valence-electron chi connectivity index (χ4n) is 1.41. The van der Waals surface area contributed by atoms with Crippen LogP contribution in [0.1, 0.15) is 17.2 Å². The standard InChI is InChI=1S/C10H9N3O2/c14-10(15)9(7-5-12-13-6-7)8-3-1-2-4-11-8/h1-6,9H,(H,12,13)(H,14,15). The van der Waals surface area contributed by atoms with Gasteiger partial charge in [-0.3, -0.25) is 14.9 Å². The largest absolute Gasteiger partial charge is 0.480 e. The Balaban J connectivity index is 2.42. The molecule has 0 saturated carbocycles. The average Bonchev–Trinajstić information content (AvgIpc) is 2.72. The van der Waals surface area contributed by atoms with E-state index in [0.717, 1.165) is 0 Å². The molecule has 0 aromatic carbocycles. The number of H-pyrrole nitrogens is 1. The molecular weight excluding hydrogens is 194 g/mol. The number of aliphatic carboxylic acids is 1. The van der Waals surface area contributed by atoms with E-state index in [1.165, 1.54) is 6.20 Å². The van der Waals surface area contributed by atoms with Crippen molar-refractivity contribution in [2.45, 2.75) is 5.92 Å². The first-order chi connectivity index (χ1) is 7.29. The second-order valence-electron chi connectivity index (χ2n) is 3.06. The van der Waals surface area contributed by atoms with Gasteiger partial charge in [-0.05, 0) is 12.1 Å². The van der Waals surface area contributed by atoms with E-state index in [2.05, 4.69) is 15.2 Å². The molecule has 2 rings (SSSR count). The van der Waals surface area contributed by atoms with Gasteiger partial charge < -0.3 is 5.11 Å². The van der Waals surface area contributed by atoms with Crippen LogP contribution in [0.2, 0.25) is 0 Å². The predicted octanol–water partition coefficient (Wildman–Crippen LogP) is 1.02. The SMILES string of the molecule is O=C(O)C(c1cn[nH]c1)c1ccccn1. The zero-order chi connectivity index (χ0) is 10.7. The summed E-state index contributed by atoms with van der Waals surface area (Å²) in [6.07, 6.45) is 4.63. The Morgan fingerprint density at radius 3 is 2.87 bits per heavy atom. The third-order valence-electron chi connectivity index (χ3n) is 2.08. The van der Waals surface area contributed by atoms with Crippen molar-refractivity contribution in [1.82, 2.24) is 15.2 Å². The van der Waals surface area contributed by atoms with Gasteiger partial charge in [-0.2, -0.15) is 5.10 Å². The first-order valence-electron chi connectivity index (χ1n) is 4.41. The molecule has 0 fully saturated rings. The third kappa shape index (κ3) is 1.85. The van der Waals surface area contributed by atoms with E-state index < -0.39 is 11.9 Å². The van der Waals surface area contributed by atoms with Crippen molar-refractivity contribution in [2.75, 3.05) is 0 Å². The summed E-state index contributed by atoms with van der Waals surface area (Å²) in [5, 5.41) is 15.4. The van der Waals surface area contributed by atoms with Crippen LogP contribution in [0.15, 0.2) is 36.8 Å². The van der Waals surface area contributed by atoms with Crippen molar-refractivity contribution < 1.29 is 9.90 Å². The maximum absolute atomic E-state index is 11.1. The number of aromatic nitrogens is 3. The lowest BCUT2D eigenvalue weighted by atomic mass is 9.99. The van der Waals surface area contributed by atoms with E-state index in [0.29, 0.717) is 11.3 Å². The van der Waals surface area contributed by atoms with Crippen molar-refractivity contribution in [2.24, 2.45) is 0 Å². The molecule has 1 atom stereocenters. The smallest absolute Gasteiger partial charge is 0.317 e. The number of nitrogens with zero attached hydrogens (tertiary/aromatic N) is 2. The number of carboxylic acids is 1. The van der Waals surface area contributed by atoms with Crippen LogP contribution in [-0.2, 0) is 4.79 Å². The Bertz CT molecular complexity index is 439. The minimum Gasteiger partial charge on any atom is -0.480 e. The fourth-order valence-corrected chi connectivity index (χ4v) is 1.41. The second kappa shape index (κ2) is 3.91. The molecule has 0 saturated heterocycles. The van der Waals surface area contributed by atoms with Crippen LogP contribution in [0.3, 0.4) is 0 Å². The molecule has 1 unspecified atom stereocenters. The molecule has 15 heavy (non-hydrogen) atoms. The molecule has 2 aromatic rings. The molecule has 2 heterocycles. The summed E-state index contributed by atoms with van der Waals surface area (Å²) in [5.74, 6) is -1.69. The molecule has 0 aliphatic heterocycles. The van der Waals surface area contributed by atoms with Crippen molar-refractivity contribution in [3.8, 4) is 0 Å². The van der Waals surface area contributed by atoms with Crippen LogP contribution in [0.25, 0.3) is 0 Å². The highest BCUT2D eigenvalue weighted by atomic mass is 16.4. The molecule has 0 spiro atoms. The van der Waals surface area contributed by atoms with Crippen LogP contribution in [0, 0.1) is 0 Å². The van der Waals surface area contributed by atoms with E-state index in [1.54, 1.807) is 30.6 Å². The summed E-state index contributed by atoms with van der Waals surface area (Å²) in [6.45, 7) is 0. The lowest BCUT2D eigenvalue weighted by Gasteiger charge is -2.08. The fraction of sp³-hybridized carbons (Fsp3) is 0.100. The molecule has 76 valence electrons. The number of hydrogen-bond acceptors (Lipinski definition) is 3. The molecule has 0 aliphatic rings. The second-order valence-corrected chi connectivity index (χ2v) is 3.06. The van der Waals surface area contributed by atoms with Gasteiger partial charge in [-0.25, -0.2) is 0 Å². The molecule has 5 heteroatoms. The number of carbonyl (C=O) groups is 1. The lowest BCUT2D eigenvalue weighted by molar-refractivity contribution is -0.137. The summed E-state index contributed by atoms with van der Waals surface area (Å²) in [7, 11) is 0. The molecule has 5 nitrogen and oxygen atoms in total. The minimum absolute atomic E-state index is 0.506. The normalized spacial score (nSPS) is 12.3. The quantitative estimate of drug-likeness (QED) is 0.780. The Morgan fingerprint density at radius 2 is 2.33 bits per heavy atom. The van der Waals surface area contributed by atoms with E-state index in [9.17, 15) is 4.79 Å². The summed E-state index contributed by atoms with van der Waals surface area (Å²) >= 11 is 0. The van der Waals surface area contributed by atoms with Gasteiger partial charge in [0, 0.05) is 18.0 Å². The van der Waals surface area contributed by atoms with E-state index >= 15 is 0 Å². The van der Waals surface area contributed by atoms with Crippen LogP contribution >= 0.6 is 0 Å². The Kier molecular flexibility index (Phi) is 2.45. The Morgan fingerprint density at radius 1 is 1.47 bits per heavy atom. The zero-order valence-corrected chi connectivity index (χ0v) is 7.79. The Hall–Kier alpha value is -2.17. The maximum Gasteiger partial charge on any atom is 0.317 e. The van der Waals surface area contributed by atoms with Crippen LogP contribution in [0.4, 0.5) is 0 Å².